The van der Waals surface area contributed by atoms with E-state index in [0.717, 1.165) is 12.8 Å². The molecule has 10 heavy (non-hydrogen) atoms. The molecule has 3 heteroatoms. The third kappa shape index (κ3) is 6.08. The molecule has 0 saturated carbocycles. The number of unbranched alkanes of at least 4 members (excludes halogenated alkanes) is 1. The maximum Gasteiger partial charge on any atom is 0.217 e. The van der Waals surface area contributed by atoms with Gasteiger partial charge in [0.1, 0.15) is 0 Å². The summed E-state index contributed by atoms with van der Waals surface area (Å²) >= 11 is 3.35. The Balaban J connectivity index is 3.25. The highest BCUT2D eigenvalue weighted by molar-refractivity contribution is 9.09. The van der Waals surface area contributed by atoms with Gasteiger partial charge in [-0.1, -0.05) is 35.7 Å². The van der Waals surface area contributed by atoms with Gasteiger partial charge in [-0.15, -0.1) is 0 Å². The zero-order valence-electron chi connectivity index (χ0n) is 6.48. The summed E-state index contributed by atoms with van der Waals surface area (Å²) in [5.41, 5.74) is 0. The number of halogens is 1. The Bertz CT molecular complexity index is 106. The number of rotatable bonds is 4. The normalized spacial score (nSPS) is 12.7. The van der Waals surface area contributed by atoms with Gasteiger partial charge in [0.25, 0.3) is 0 Å². The lowest BCUT2D eigenvalue weighted by Gasteiger charge is -2.08. The highest BCUT2D eigenvalue weighted by atomic mass is 79.9. The van der Waals surface area contributed by atoms with Gasteiger partial charge in [-0.25, -0.2) is 0 Å². The summed E-state index contributed by atoms with van der Waals surface area (Å²) in [6.45, 7) is 3.66. The second-order valence-electron chi connectivity index (χ2n) is 2.31. The highest BCUT2D eigenvalue weighted by Crippen LogP contribution is 2.05. The van der Waals surface area contributed by atoms with E-state index in [2.05, 4.69) is 28.2 Å². The van der Waals surface area contributed by atoms with E-state index >= 15 is 0 Å². The number of carbonyl (C=O) groups is 1. The van der Waals surface area contributed by atoms with Crippen LogP contribution in [-0.2, 0) is 4.79 Å². The first-order valence-electron chi connectivity index (χ1n) is 3.58. The largest absolute Gasteiger partial charge is 0.344 e. The molecule has 0 heterocycles. The minimum atomic E-state index is 0.0259. The number of nitrogens with one attached hydrogen (secondary N) is 1. The minimum absolute atomic E-state index is 0.0259. The first kappa shape index (κ1) is 9.95. The van der Waals surface area contributed by atoms with E-state index in [9.17, 15) is 4.79 Å². The summed E-state index contributed by atoms with van der Waals surface area (Å²) in [7, 11) is 0. The Morgan fingerprint density at radius 1 is 1.70 bits per heavy atom. The third-order valence-electron chi connectivity index (χ3n) is 1.17. The molecule has 0 aromatic heterocycles. The SMILES string of the molecule is CCCCC(Br)NC(C)=O. The summed E-state index contributed by atoms with van der Waals surface area (Å²) in [4.78, 5) is 10.6. The van der Waals surface area contributed by atoms with Crippen molar-refractivity contribution < 1.29 is 4.79 Å². The molecule has 0 spiro atoms. The van der Waals surface area contributed by atoms with E-state index in [-0.39, 0.29) is 10.9 Å². The van der Waals surface area contributed by atoms with Crippen molar-refractivity contribution in [3.63, 3.8) is 0 Å². The topological polar surface area (TPSA) is 29.1 Å². The Labute approximate surface area is 70.5 Å². The van der Waals surface area contributed by atoms with Gasteiger partial charge < -0.3 is 5.32 Å². The molecule has 0 aromatic carbocycles. The molecule has 0 aliphatic rings. The summed E-state index contributed by atoms with van der Waals surface area (Å²) in [6, 6.07) is 0. The Morgan fingerprint density at radius 2 is 2.30 bits per heavy atom. The van der Waals surface area contributed by atoms with Gasteiger partial charge in [-0.2, -0.15) is 0 Å². The molecule has 0 aliphatic carbocycles. The molecule has 2 nitrogen and oxygen atoms in total. The lowest BCUT2D eigenvalue weighted by atomic mass is 10.2. The van der Waals surface area contributed by atoms with Crippen molar-refractivity contribution in [1.82, 2.24) is 5.32 Å². The molecule has 0 saturated heterocycles. The lowest BCUT2D eigenvalue weighted by molar-refractivity contribution is -0.119. The predicted octanol–water partition coefficient (Wildman–Crippen LogP) is 2.03. The molecule has 60 valence electrons. The van der Waals surface area contributed by atoms with Crippen molar-refractivity contribution in [2.45, 2.75) is 38.1 Å². The molecule has 0 rings (SSSR count). The molecule has 1 unspecified atom stereocenters. The molecule has 1 amide bonds. The van der Waals surface area contributed by atoms with Crippen LogP contribution >= 0.6 is 15.9 Å². The molecule has 1 N–H and O–H groups in total. The average molecular weight is 208 g/mol. The summed E-state index contributed by atoms with van der Waals surface area (Å²) < 4.78 is 0. The number of amides is 1. The van der Waals surface area contributed by atoms with Crippen LogP contribution in [0.1, 0.15) is 33.1 Å². The maximum atomic E-state index is 10.5. The number of hydrogen-bond acceptors (Lipinski definition) is 1. The van der Waals surface area contributed by atoms with Crippen LogP contribution in [0.4, 0.5) is 0 Å². The van der Waals surface area contributed by atoms with Crippen LogP contribution in [-0.4, -0.2) is 10.9 Å². The van der Waals surface area contributed by atoms with E-state index < -0.39 is 0 Å². The zero-order valence-corrected chi connectivity index (χ0v) is 8.07. The quantitative estimate of drug-likeness (QED) is 0.555. The Morgan fingerprint density at radius 3 is 2.70 bits per heavy atom. The number of carbonyl (C=O) groups excluding carboxylic acids is 1. The molecule has 1 atom stereocenters. The van der Waals surface area contributed by atoms with Crippen LogP contribution in [0.5, 0.6) is 0 Å². The number of hydrogen-bond donors (Lipinski definition) is 1. The molecular formula is C7H14BrNO. The summed E-state index contributed by atoms with van der Waals surface area (Å²) in [5, 5.41) is 2.76. The van der Waals surface area contributed by atoms with Gasteiger partial charge in [0.05, 0.1) is 4.95 Å². The van der Waals surface area contributed by atoms with Crippen LogP contribution in [0.2, 0.25) is 0 Å². The summed E-state index contributed by atoms with van der Waals surface area (Å²) in [6.07, 6.45) is 3.33. The smallest absolute Gasteiger partial charge is 0.217 e. The van der Waals surface area contributed by atoms with Gasteiger partial charge in [0, 0.05) is 6.92 Å². The standard InChI is InChI=1S/C7H14BrNO/c1-3-4-5-7(8)9-6(2)10/h7H,3-5H2,1-2H3,(H,9,10). The fourth-order valence-electron chi connectivity index (χ4n) is 0.676. The molecule has 0 radical (unpaired) electrons. The zero-order chi connectivity index (χ0) is 7.98. The number of alkyl halides is 1. The highest BCUT2D eigenvalue weighted by Gasteiger charge is 2.02. The minimum Gasteiger partial charge on any atom is -0.344 e. The fraction of sp³-hybridized carbons (Fsp3) is 0.857. The Kier molecular flexibility index (Phi) is 5.69. The van der Waals surface area contributed by atoms with E-state index in [1.807, 2.05) is 0 Å². The van der Waals surface area contributed by atoms with Crippen LogP contribution in [0.15, 0.2) is 0 Å². The fourth-order valence-corrected chi connectivity index (χ4v) is 1.32. The summed E-state index contributed by atoms with van der Waals surface area (Å²) in [5.74, 6) is 0.0259. The third-order valence-corrected chi connectivity index (χ3v) is 1.86. The average Bonchev–Trinajstić information content (AvgIpc) is 1.82. The van der Waals surface area contributed by atoms with Crippen molar-refractivity contribution in [1.29, 1.82) is 0 Å². The van der Waals surface area contributed by atoms with E-state index in [1.54, 1.807) is 0 Å². The van der Waals surface area contributed by atoms with Crippen LogP contribution < -0.4 is 5.32 Å². The second-order valence-corrected chi connectivity index (χ2v) is 3.42. The van der Waals surface area contributed by atoms with Crippen molar-refractivity contribution >= 4 is 21.8 Å². The van der Waals surface area contributed by atoms with Gasteiger partial charge >= 0.3 is 0 Å². The second kappa shape index (κ2) is 5.71. The lowest BCUT2D eigenvalue weighted by Crippen LogP contribution is -2.27. The molecule has 0 aromatic rings. The molecule has 0 fully saturated rings. The Hall–Kier alpha value is -0.0500. The monoisotopic (exact) mass is 207 g/mol. The van der Waals surface area contributed by atoms with Gasteiger partial charge in [0.2, 0.25) is 5.91 Å². The van der Waals surface area contributed by atoms with Crippen LogP contribution in [0.3, 0.4) is 0 Å². The van der Waals surface area contributed by atoms with Crippen molar-refractivity contribution in [2.24, 2.45) is 0 Å². The van der Waals surface area contributed by atoms with Gasteiger partial charge in [-0.05, 0) is 6.42 Å². The molecule has 0 bridgehead atoms. The first-order valence-corrected chi connectivity index (χ1v) is 4.49. The predicted molar refractivity (Wildman–Crippen MR) is 46.1 cm³/mol. The van der Waals surface area contributed by atoms with E-state index in [4.69, 9.17) is 0 Å². The van der Waals surface area contributed by atoms with Crippen molar-refractivity contribution in [3.8, 4) is 0 Å². The maximum absolute atomic E-state index is 10.5. The van der Waals surface area contributed by atoms with Crippen LogP contribution in [0.25, 0.3) is 0 Å². The van der Waals surface area contributed by atoms with E-state index in [1.165, 1.54) is 13.3 Å². The molecular weight excluding hydrogens is 194 g/mol. The van der Waals surface area contributed by atoms with Crippen LogP contribution in [0, 0.1) is 0 Å². The van der Waals surface area contributed by atoms with E-state index in [0.29, 0.717) is 0 Å². The molecule has 0 aliphatic heterocycles. The van der Waals surface area contributed by atoms with Gasteiger partial charge in [-0.3, -0.25) is 4.79 Å². The van der Waals surface area contributed by atoms with Crippen molar-refractivity contribution in [3.05, 3.63) is 0 Å². The first-order chi connectivity index (χ1) is 4.66. The van der Waals surface area contributed by atoms with Crippen molar-refractivity contribution in [2.75, 3.05) is 0 Å². The van der Waals surface area contributed by atoms with Gasteiger partial charge in [0.15, 0.2) is 0 Å².